The second-order valence-electron chi connectivity index (χ2n) is 8.77. The fourth-order valence-electron chi connectivity index (χ4n) is 2.59. The molecule has 1 amide bonds. The van der Waals surface area contributed by atoms with E-state index in [1.165, 1.54) is 12.5 Å². The summed E-state index contributed by atoms with van der Waals surface area (Å²) in [7, 11) is 8.56. The van der Waals surface area contributed by atoms with Crippen LogP contribution in [0.1, 0.15) is 32.8 Å². The minimum atomic E-state index is -0.0753. The van der Waals surface area contributed by atoms with Crippen LogP contribution in [0.3, 0.4) is 0 Å². The van der Waals surface area contributed by atoms with Crippen LogP contribution < -0.4 is 10.6 Å². The second-order valence-corrected chi connectivity index (χ2v) is 10.2. The number of amides is 1. The van der Waals surface area contributed by atoms with Gasteiger partial charge in [-0.05, 0) is 51.7 Å². The highest BCUT2D eigenvalue weighted by Gasteiger charge is 2.30. The lowest BCUT2D eigenvalue weighted by Gasteiger charge is -2.24. The summed E-state index contributed by atoms with van der Waals surface area (Å²) in [6.45, 7) is 22.4. The molecule has 2 atom stereocenters. The van der Waals surface area contributed by atoms with E-state index in [0.717, 1.165) is 17.6 Å². The Balaban J connectivity index is -0.000000146. The van der Waals surface area contributed by atoms with Gasteiger partial charge in [0.25, 0.3) is 0 Å². The van der Waals surface area contributed by atoms with Gasteiger partial charge in [0, 0.05) is 27.7 Å². The average Bonchev–Trinajstić information content (AvgIpc) is 3.03. The first kappa shape index (κ1) is 51.6. The van der Waals surface area contributed by atoms with E-state index in [1.807, 2.05) is 58.1 Å². The Labute approximate surface area is 291 Å². The van der Waals surface area contributed by atoms with Gasteiger partial charge in [-0.25, -0.2) is 0 Å². The van der Waals surface area contributed by atoms with Crippen LogP contribution in [0.15, 0.2) is 90.6 Å². The third-order valence-electron chi connectivity index (χ3n) is 4.83. The highest BCUT2D eigenvalue weighted by atomic mass is 79.9. The molecular formula is C34H58Br2N2O5S. The Kier molecular flexibility index (Phi) is 45.8. The van der Waals surface area contributed by atoms with Crippen molar-refractivity contribution in [2.45, 2.75) is 38.9 Å². The van der Waals surface area contributed by atoms with E-state index in [2.05, 4.69) is 110 Å². The van der Waals surface area contributed by atoms with Crippen LogP contribution >= 0.6 is 44.5 Å². The molecular weight excluding hydrogens is 708 g/mol. The van der Waals surface area contributed by atoms with E-state index in [-0.39, 0.29) is 16.5 Å². The van der Waals surface area contributed by atoms with Crippen LogP contribution in [-0.2, 0) is 23.8 Å². The van der Waals surface area contributed by atoms with Gasteiger partial charge >= 0.3 is 0 Å². The molecule has 2 rings (SSSR count). The highest BCUT2D eigenvalue weighted by Crippen LogP contribution is 2.33. The van der Waals surface area contributed by atoms with Crippen LogP contribution in [-0.4, -0.2) is 77.5 Å². The van der Waals surface area contributed by atoms with Crippen LogP contribution in [0.4, 0.5) is 0 Å². The maximum Gasteiger partial charge on any atom is 0.217 e. The molecule has 254 valence electrons. The van der Waals surface area contributed by atoms with Crippen LogP contribution in [0.5, 0.6) is 0 Å². The minimum absolute atomic E-state index is 0.00448. The Hall–Kier alpha value is -1.95. The van der Waals surface area contributed by atoms with E-state index in [4.69, 9.17) is 4.74 Å². The van der Waals surface area contributed by atoms with Crippen molar-refractivity contribution in [2.75, 3.05) is 61.0 Å². The van der Waals surface area contributed by atoms with E-state index >= 15 is 0 Å². The van der Waals surface area contributed by atoms with Gasteiger partial charge in [0.15, 0.2) is 5.78 Å². The number of alkyl halides is 2. The lowest BCUT2D eigenvalue weighted by atomic mass is 9.89. The van der Waals surface area contributed by atoms with Crippen molar-refractivity contribution < 1.29 is 23.8 Å². The summed E-state index contributed by atoms with van der Waals surface area (Å²) in [5, 5.41) is 5.44. The minimum Gasteiger partial charge on any atom is -0.499 e. The summed E-state index contributed by atoms with van der Waals surface area (Å²) >= 11 is 10.4. The molecule has 0 aliphatic heterocycles. The molecule has 1 aromatic rings. The summed E-state index contributed by atoms with van der Waals surface area (Å²) in [6, 6.07) is 10.3. The maximum absolute atomic E-state index is 11.5. The van der Waals surface area contributed by atoms with Gasteiger partial charge in [0.2, 0.25) is 5.91 Å². The van der Waals surface area contributed by atoms with Crippen molar-refractivity contribution >= 4 is 56.2 Å². The molecule has 0 radical (unpaired) electrons. The number of ether oxygens (including phenoxy) is 3. The van der Waals surface area contributed by atoms with Gasteiger partial charge in [0.1, 0.15) is 12.4 Å². The smallest absolute Gasteiger partial charge is 0.217 e. The molecule has 0 heterocycles. The number of carbonyl (C=O) groups excluding carboxylic acids is 2. The molecule has 2 N–H and O–H groups in total. The van der Waals surface area contributed by atoms with Crippen LogP contribution in [0.2, 0.25) is 0 Å². The monoisotopic (exact) mass is 764 g/mol. The number of carbonyl (C=O) groups is 2. The standard InChI is InChI=1S/C9H11BrOS.C8H15NO2.C7H8.C5H10O2.C2H7N.C2H4.CH3Br/c1-3-6-4-5(2)7(10)8(11)9(6)12;1-7(4-5-11-3)6-9-8(2)10;1-7-5-3-2-4-6-7;1-5(7-3)4-6-2;1-3-2;2*1-2/h3,5,7,12H,1,4H2,2H3;4H,5-6H2,1-3H3,(H,9,10);2-6H,1H3;1,4H2,2-3H3;3H,1-2H3;1-2H2;1H3/b;7-4+;;;;;. The first-order chi connectivity index (χ1) is 20.9. The van der Waals surface area contributed by atoms with Crippen molar-refractivity contribution in [1.82, 2.24) is 10.6 Å². The fourth-order valence-corrected chi connectivity index (χ4v) is 3.50. The third kappa shape index (κ3) is 34.5. The molecule has 7 nitrogen and oxygen atoms in total. The normalized spacial score (nSPS) is 14.6. The van der Waals surface area contributed by atoms with Gasteiger partial charge in [-0.1, -0.05) is 106 Å². The number of ketones is 1. The van der Waals surface area contributed by atoms with Gasteiger partial charge in [-0.2, -0.15) is 0 Å². The van der Waals surface area contributed by atoms with Gasteiger partial charge in [-0.15, -0.1) is 25.8 Å². The van der Waals surface area contributed by atoms with Gasteiger partial charge < -0.3 is 24.8 Å². The Morgan fingerprint density at radius 1 is 1.09 bits per heavy atom. The summed E-state index contributed by atoms with van der Waals surface area (Å²) < 4.78 is 14.2. The molecule has 0 saturated carbocycles. The van der Waals surface area contributed by atoms with Gasteiger partial charge in [0.05, 0.1) is 23.4 Å². The number of allylic oxidation sites excluding steroid dienone is 3. The predicted octanol–water partition coefficient (Wildman–Crippen LogP) is 7.88. The molecule has 0 saturated heterocycles. The number of rotatable bonds is 8. The first-order valence-electron chi connectivity index (χ1n) is 13.7. The van der Waals surface area contributed by atoms with Gasteiger partial charge in [-0.3, -0.25) is 9.59 Å². The van der Waals surface area contributed by atoms with E-state index in [0.29, 0.717) is 36.3 Å². The maximum atomic E-state index is 11.5. The molecule has 0 aromatic heterocycles. The van der Waals surface area contributed by atoms with Crippen LogP contribution in [0, 0.1) is 12.8 Å². The Morgan fingerprint density at radius 3 is 1.91 bits per heavy atom. The molecule has 2 unspecified atom stereocenters. The average molecular weight is 767 g/mol. The third-order valence-corrected chi connectivity index (χ3v) is 6.65. The second kappa shape index (κ2) is 39.1. The molecule has 0 bridgehead atoms. The van der Waals surface area contributed by atoms with Crippen molar-refractivity contribution in [3.63, 3.8) is 0 Å². The molecule has 0 spiro atoms. The molecule has 1 aliphatic rings. The highest BCUT2D eigenvalue weighted by molar-refractivity contribution is 9.10. The topological polar surface area (TPSA) is 85.9 Å². The van der Waals surface area contributed by atoms with E-state index in [9.17, 15) is 9.59 Å². The largest absolute Gasteiger partial charge is 0.499 e. The zero-order chi connectivity index (χ0) is 35.5. The lowest BCUT2D eigenvalue weighted by Crippen LogP contribution is -2.27. The number of hydrogen-bond acceptors (Lipinski definition) is 7. The predicted molar refractivity (Wildman–Crippen MR) is 202 cm³/mol. The Morgan fingerprint density at radius 2 is 1.59 bits per heavy atom. The molecule has 10 heteroatoms. The number of thiol groups is 1. The quantitative estimate of drug-likeness (QED) is 0.108. The molecule has 1 aliphatic carbocycles. The SMILES string of the molecule is C=C.C=C(COC)OC.C=CC1=C(S)C(=O)C(Br)C(C)C1.CBr.CNC.COC/C=C(\C)CNC(C)=O.Cc1ccccc1. The zero-order valence-electron chi connectivity index (χ0n) is 28.6. The Bertz CT molecular complexity index is 926. The summed E-state index contributed by atoms with van der Waals surface area (Å²) in [5.41, 5.74) is 3.40. The first-order valence-corrected chi connectivity index (χ1v) is 16.6. The number of benzene rings is 1. The van der Waals surface area contributed by atoms with Crippen molar-refractivity contribution in [3.8, 4) is 0 Å². The number of halogens is 2. The zero-order valence-corrected chi connectivity index (χ0v) is 32.7. The summed E-state index contributed by atoms with van der Waals surface area (Å²) in [6.07, 6.45) is 4.54. The molecule has 1 aromatic carbocycles. The number of methoxy groups -OCH3 is 3. The van der Waals surface area contributed by atoms with E-state index < -0.39 is 0 Å². The van der Waals surface area contributed by atoms with Crippen molar-refractivity contribution in [1.29, 1.82) is 0 Å². The summed E-state index contributed by atoms with van der Waals surface area (Å²) in [4.78, 5) is 22.4. The molecule has 0 fully saturated rings. The fraction of sp³-hybridized carbons (Fsp3) is 0.471. The van der Waals surface area contributed by atoms with Crippen LogP contribution in [0.25, 0.3) is 0 Å². The lowest BCUT2D eigenvalue weighted by molar-refractivity contribution is -0.119. The van der Waals surface area contributed by atoms with E-state index in [1.54, 1.807) is 27.4 Å². The molecule has 44 heavy (non-hydrogen) atoms. The number of hydrogen-bond donors (Lipinski definition) is 3. The van der Waals surface area contributed by atoms with Crippen molar-refractivity contribution in [3.05, 3.63) is 96.2 Å². The number of nitrogens with one attached hydrogen (secondary N) is 2. The number of aryl methyl sites for hydroxylation is 1. The number of Topliss-reactive ketones (excluding diaryl/α,β-unsaturated/α-hetero) is 1. The summed E-state index contributed by atoms with van der Waals surface area (Å²) in [5.74, 6) is 2.87. The van der Waals surface area contributed by atoms with Crippen molar-refractivity contribution in [2.24, 2.45) is 5.92 Å².